The molecule has 0 radical (unpaired) electrons. The van der Waals surface area contributed by atoms with Crippen LogP contribution in [0.3, 0.4) is 0 Å². The van der Waals surface area contributed by atoms with Gasteiger partial charge in [-0.2, -0.15) is 5.26 Å². The summed E-state index contributed by atoms with van der Waals surface area (Å²) in [5.41, 5.74) is 3.38. The Morgan fingerprint density at radius 1 is 1.35 bits per heavy atom. The van der Waals surface area contributed by atoms with Crippen molar-refractivity contribution in [2.45, 2.75) is 26.8 Å². The molecule has 1 heterocycles. The highest BCUT2D eigenvalue weighted by Crippen LogP contribution is 2.25. The topological polar surface area (TPSA) is 54.5 Å². The van der Waals surface area contributed by atoms with Gasteiger partial charge in [0, 0.05) is 12.1 Å². The zero-order valence-electron chi connectivity index (χ0n) is 10.0. The first kappa shape index (κ1) is 11.3. The molecule has 86 valence electrons. The van der Waals surface area contributed by atoms with Crippen LogP contribution in [0.2, 0.25) is 0 Å². The average molecular weight is 226 g/mol. The molecular formula is C13H14N4. The van der Waals surface area contributed by atoms with Crippen LogP contribution in [0.5, 0.6) is 0 Å². The van der Waals surface area contributed by atoms with Crippen molar-refractivity contribution < 1.29 is 0 Å². The van der Waals surface area contributed by atoms with E-state index in [9.17, 15) is 0 Å². The third kappa shape index (κ3) is 2.04. The molecule has 0 aliphatic carbocycles. The third-order valence-corrected chi connectivity index (χ3v) is 2.68. The summed E-state index contributed by atoms with van der Waals surface area (Å²) in [6.07, 6.45) is 0.965. The Bertz CT molecular complexity index is 563. The second-order valence-electron chi connectivity index (χ2n) is 3.94. The molecular weight excluding hydrogens is 212 g/mol. The van der Waals surface area contributed by atoms with Crippen molar-refractivity contribution in [2.75, 3.05) is 0 Å². The second kappa shape index (κ2) is 4.79. The smallest absolute Gasteiger partial charge is 0.190 e. The molecule has 2 aromatic rings. The van der Waals surface area contributed by atoms with Crippen LogP contribution in [-0.2, 0) is 6.54 Å². The minimum absolute atomic E-state index is 0.396. The molecule has 0 aliphatic rings. The van der Waals surface area contributed by atoms with E-state index in [0.29, 0.717) is 5.69 Å². The van der Waals surface area contributed by atoms with Crippen LogP contribution in [0.4, 0.5) is 0 Å². The van der Waals surface area contributed by atoms with Crippen molar-refractivity contribution in [1.82, 2.24) is 15.0 Å². The lowest BCUT2D eigenvalue weighted by molar-refractivity contribution is 0.584. The maximum Gasteiger partial charge on any atom is 0.190 e. The third-order valence-electron chi connectivity index (χ3n) is 2.68. The summed E-state index contributed by atoms with van der Waals surface area (Å²) in [5.74, 6) is 0. The summed E-state index contributed by atoms with van der Waals surface area (Å²) < 4.78 is 1.81. The van der Waals surface area contributed by atoms with Crippen molar-refractivity contribution >= 4 is 0 Å². The fourth-order valence-electron chi connectivity index (χ4n) is 1.86. The van der Waals surface area contributed by atoms with E-state index >= 15 is 0 Å². The van der Waals surface area contributed by atoms with Gasteiger partial charge in [-0.25, -0.2) is 4.68 Å². The van der Waals surface area contributed by atoms with Crippen molar-refractivity contribution in [3.8, 4) is 17.3 Å². The fraction of sp³-hybridized carbons (Fsp3) is 0.308. The lowest BCUT2D eigenvalue weighted by Crippen LogP contribution is -2.02. The number of aryl methyl sites for hydroxylation is 2. The number of nitrogens with zero attached hydrogens (tertiary/aromatic N) is 4. The van der Waals surface area contributed by atoms with Crippen molar-refractivity contribution in [3.63, 3.8) is 0 Å². The largest absolute Gasteiger partial charge is 0.243 e. The average Bonchev–Trinajstić information content (AvgIpc) is 2.73. The maximum atomic E-state index is 9.09. The van der Waals surface area contributed by atoms with Crippen LogP contribution in [-0.4, -0.2) is 15.0 Å². The van der Waals surface area contributed by atoms with Gasteiger partial charge in [0.25, 0.3) is 0 Å². The molecule has 2 rings (SSSR count). The summed E-state index contributed by atoms with van der Waals surface area (Å²) in [6.45, 7) is 4.88. The zero-order valence-corrected chi connectivity index (χ0v) is 10.0. The predicted molar refractivity (Wildman–Crippen MR) is 65.2 cm³/mol. The Hall–Kier alpha value is -2.15. The van der Waals surface area contributed by atoms with E-state index in [1.807, 2.05) is 31.2 Å². The minimum atomic E-state index is 0.396. The zero-order chi connectivity index (χ0) is 12.3. The first-order valence-electron chi connectivity index (χ1n) is 5.67. The molecule has 0 spiro atoms. The van der Waals surface area contributed by atoms with Gasteiger partial charge >= 0.3 is 0 Å². The van der Waals surface area contributed by atoms with Crippen molar-refractivity contribution in [2.24, 2.45) is 0 Å². The van der Waals surface area contributed by atoms with E-state index in [1.54, 1.807) is 4.68 Å². The molecule has 4 nitrogen and oxygen atoms in total. The van der Waals surface area contributed by atoms with E-state index in [4.69, 9.17) is 5.26 Å². The number of hydrogen-bond donors (Lipinski definition) is 0. The van der Waals surface area contributed by atoms with Gasteiger partial charge in [0.1, 0.15) is 11.8 Å². The van der Waals surface area contributed by atoms with Crippen LogP contribution in [0.1, 0.15) is 24.6 Å². The van der Waals surface area contributed by atoms with Gasteiger partial charge in [-0.15, -0.1) is 5.10 Å². The Kier molecular flexibility index (Phi) is 3.20. The monoisotopic (exact) mass is 226 g/mol. The molecule has 0 unspecified atom stereocenters. The summed E-state index contributed by atoms with van der Waals surface area (Å²) in [6, 6.07) is 10.1. The maximum absolute atomic E-state index is 9.09. The van der Waals surface area contributed by atoms with E-state index in [-0.39, 0.29) is 0 Å². The molecule has 0 amide bonds. The second-order valence-corrected chi connectivity index (χ2v) is 3.94. The minimum Gasteiger partial charge on any atom is -0.243 e. The lowest BCUT2D eigenvalue weighted by atomic mass is 10.0. The fourth-order valence-corrected chi connectivity index (χ4v) is 1.86. The van der Waals surface area contributed by atoms with Crippen LogP contribution >= 0.6 is 0 Å². The molecule has 0 bridgehead atoms. The van der Waals surface area contributed by atoms with E-state index in [1.165, 1.54) is 0 Å². The predicted octanol–water partition coefficient (Wildman–Crippen LogP) is 2.54. The number of rotatable bonds is 3. The molecule has 0 fully saturated rings. The van der Waals surface area contributed by atoms with E-state index < -0.39 is 0 Å². The molecule has 0 saturated heterocycles. The van der Waals surface area contributed by atoms with Gasteiger partial charge in [0.2, 0.25) is 0 Å². The molecule has 1 aromatic heterocycles. The van der Waals surface area contributed by atoms with Gasteiger partial charge in [-0.05, 0) is 18.9 Å². The van der Waals surface area contributed by atoms with Gasteiger partial charge < -0.3 is 0 Å². The molecule has 0 atom stereocenters. The molecule has 0 aliphatic heterocycles. The van der Waals surface area contributed by atoms with Crippen LogP contribution in [0.25, 0.3) is 11.3 Å². The normalized spacial score (nSPS) is 10.2. The number of hydrogen-bond acceptors (Lipinski definition) is 3. The number of aromatic nitrogens is 3. The highest BCUT2D eigenvalue weighted by atomic mass is 15.4. The quantitative estimate of drug-likeness (QED) is 0.808. The Balaban J connectivity index is 2.61. The summed E-state index contributed by atoms with van der Waals surface area (Å²) in [4.78, 5) is 0. The van der Waals surface area contributed by atoms with Gasteiger partial charge in [0.15, 0.2) is 5.69 Å². The Labute approximate surface area is 101 Å². The van der Waals surface area contributed by atoms with Gasteiger partial charge in [0.05, 0.1) is 0 Å². The molecule has 0 N–H and O–H groups in total. The van der Waals surface area contributed by atoms with Crippen LogP contribution in [0, 0.1) is 18.3 Å². The van der Waals surface area contributed by atoms with Gasteiger partial charge in [-0.1, -0.05) is 36.4 Å². The first-order valence-corrected chi connectivity index (χ1v) is 5.67. The van der Waals surface area contributed by atoms with Gasteiger partial charge in [-0.3, -0.25) is 0 Å². The van der Waals surface area contributed by atoms with Crippen molar-refractivity contribution in [1.29, 1.82) is 5.26 Å². The van der Waals surface area contributed by atoms with E-state index in [0.717, 1.165) is 29.8 Å². The number of benzene rings is 1. The highest BCUT2D eigenvalue weighted by molar-refractivity contribution is 5.68. The number of nitriles is 1. The summed E-state index contributed by atoms with van der Waals surface area (Å²) in [7, 11) is 0. The first-order chi connectivity index (χ1) is 8.27. The van der Waals surface area contributed by atoms with Crippen molar-refractivity contribution in [3.05, 3.63) is 35.5 Å². The molecule has 4 heteroatoms. The summed E-state index contributed by atoms with van der Waals surface area (Å²) >= 11 is 0. The molecule has 0 saturated carbocycles. The van der Waals surface area contributed by atoms with Crippen LogP contribution < -0.4 is 0 Å². The summed E-state index contributed by atoms with van der Waals surface area (Å²) in [5, 5.41) is 17.0. The standard InChI is InChI=1S/C13H14N4/c1-3-8-17-13(12(9-14)15-16-17)11-7-5-4-6-10(11)2/h4-7H,3,8H2,1-2H3. The Morgan fingerprint density at radius 3 is 2.76 bits per heavy atom. The highest BCUT2D eigenvalue weighted by Gasteiger charge is 2.15. The molecule has 1 aromatic carbocycles. The SMILES string of the molecule is CCCn1nnc(C#N)c1-c1ccccc1C. The van der Waals surface area contributed by atoms with Crippen LogP contribution in [0.15, 0.2) is 24.3 Å². The molecule has 17 heavy (non-hydrogen) atoms. The van der Waals surface area contributed by atoms with E-state index in [2.05, 4.69) is 23.3 Å². The lowest BCUT2D eigenvalue weighted by Gasteiger charge is -2.07. The Morgan fingerprint density at radius 2 is 2.12 bits per heavy atom.